The molecule has 0 aliphatic carbocycles. The lowest BCUT2D eigenvalue weighted by molar-refractivity contribution is -0.142. The molecule has 5 rings (SSSR count). The quantitative estimate of drug-likeness (QED) is 0.221. The molecule has 2 atom stereocenters. The van der Waals surface area contributed by atoms with E-state index in [1.165, 1.54) is 11.2 Å². The molecule has 0 saturated heterocycles. The van der Waals surface area contributed by atoms with Gasteiger partial charge in [0, 0.05) is 54.2 Å². The molecular weight excluding hydrogens is 532 g/mol. The highest BCUT2D eigenvalue weighted by Crippen LogP contribution is 2.22. The summed E-state index contributed by atoms with van der Waals surface area (Å²) in [7, 11) is 1.57. The number of benzene rings is 3. The number of rotatable bonds is 10. The van der Waals surface area contributed by atoms with Gasteiger partial charge in [0.15, 0.2) is 0 Å². The van der Waals surface area contributed by atoms with Gasteiger partial charge in [0.25, 0.3) is 5.91 Å². The number of carboxylic acids is 1. The van der Waals surface area contributed by atoms with Crippen LogP contribution in [0.25, 0.3) is 22.2 Å². The van der Waals surface area contributed by atoms with Crippen LogP contribution in [0, 0.1) is 13.8 Å². The van der Waals surface area contributed by atoms with Crippen LogP contribution in [0.1, 0.15) is 32.6 Å². The van der Waals surface area contributed by atoms with Crippen LogP contribution in [0.2, 0.25) is 0 Å². The summed E-state index contributed by atoms with van der Waals surface area (Å²) < 4.78 is 4.93. The molecule has 2 heterocycles. The standard InChI is InChI=1S/C33H32N4O5/c1-20-14-21(2)16-24(15-20)32(39)37(3)30(17-22-8-10-23(11-9-22)27-12-13-42-36-27)31(38)35-29(33(40)41)18-25-19-34-28-7-5-4-6-26(25)28/h4-16,19,29-30,34H,17-18H2,1-3H3,(H,35,38)(H,40,41)/t29-,30-/m0/s1. The normalized spacial score (nSPS) is 12.5. The molecule has 0 spiro atoms. The van der Waals surface area contributed by atoms with Crippen molar-refractivity contribution in [2.24, 2.45) is 0 Å². The number of carbonyl (C=O) groups excluding carboxylic acids is 2. The van der Waals surface area contributed by atoms with Crippen molar-refractivity contribution in [2.45, 2.75) is 38.8 Å². The zero-order valence-electron chi connectivity index (χ0n) is 23.6. The zero-order chi connectivity index (χ0) is 29.8. The number of aromatic amines is 1. The van der Waals surface area contributed by atoms with E-state index >= 15 is 0 Å². The number of H-pyrrole nitrogens is 1. The molecule has 42 heavy (non-hydrogen) atoms. The first kappa shape index (κ1) is 28.4. The fourth-order valence-corrected chi connectivity index (χ4v) is 5.23. The maximum Gasteiger partial charge on any atom is 0.326 e. The van der Waals surface area contributed by atoms with E-state index < -0.39 is 24.0 Å². The number of carbonyl (C=O) groups is 3. The van der Waals surface area contributed by atoms with E-state index in [-0.39, 0.29) is 18.7 Å². The first-order valence-electron chi connectivity index (χ1n) is 13.6. The first-order chi connectivity index (χ1) is 20.2. The molecule has 0 aliphatic rings. The first-order valence-corrected chi connectivity index (χ1v) is 13.6. The smallest absolute Gasteiger partial charge is 0.326 e. The van der Waals surface area contributed by atoms with Gasteiger partial charge >= 0.3 is 5.97 Å². The number of aromatic nitrogens is 2. The number of nitrogens with one attached hydrogen (secondary N) is 2. The number of aryl methyl sites for hydroxylation is 2. The molecule has 3 N–H and O–H groups in total. The molecule has 0 radical (unpaired) electrons. The van der Waals surface area contributed by atoms with E-state index in [1.54, 1.807) is 31.4 Å². The molecule has 0 bridgehead atoms. The second-order valence-electron chi connectivity index (χ2n) is 10.6. The molecule has 5 aromatic rings. The van der Waals surface area contributed by atoms with E-state index in [2.05, 4.69) is 15.5 Å². The molecule has 0 fully saturated rings. The molecular formula is C33H32N4O5. The Hall–Kier alpha value is -5.18. The summed E-state index contributed by atoms with van der Waals surface area (Å²) in [6, 6.07) is 20.2. The van der Waals surface area contributed by atoms with E-state index in [0.29, 0.717) is 11.3 Å². The minimum atomic E-state index is -1.20. The number of likely N-dealkylation sites (N-methyl/N-ethyl adjacent to an activating group) is 1. The van der Waals surface area contributed by atoms with E-state index in [1.807, 2.05) is 68.4 Å². The average molecular weight is 565 g/mol. The lowest BCUT2D eigenvalue weighted by atomic mass is 9.99. The molecule has 0 unspecified atom stereocenters. The number of nitrogens with zero attached hydrogens (tertiary/aromatic N) is 2. The maximum absolute atomic E-state index is 13.8. The monoisotopic (exact) mass is 564 g/mol. The number of para-hydroxylation sites is 1. The van der Waals surface area contributed by atoms with Gasteiger partial charge in [-0.05, 0) is 43.2 Å². The Balaban J connectivity index is 1.42. The van der Waals surface area contributed by atoms with Gasteiger partial charge in [-0.2, -0.15) is 0 Å². The van der Waals surface area contributed by atoms with Gasteiger partial charge in [0.2, 0.25) is 5.91 Å². The van der Waals surface area contributed by atoms with Crippen molar-refractivity contribution < 1.29 is 24.0 Å². The minimum Gasteiger partial charge on any atom is -0.480 e. The maximum atomic E-state index is 13.8. The van der Waals surface area contributed by atoms with E-state index in [0.717, 1.165) is 38.7 Å². The SMILES string of the molecule is Cc1cc(C)cc(C(=O)N(C)[C@@H](Cc2ccc(-c3ccon3)cc2)C(=O)N[C@@H](Cc2c[nH]c3ccccc23)C(=O)O)c1. The Morgan fingerprint density at radius 2 is 1.69 bits per heavy atom. The summed E-state index contributed by atoms with van der Waals surface area (Å²) in [5.74, 6) is -2.04. The van der Waals surface area contributed by atoms with Crippen LogP contribution < -0.4 is 5.32 Å². The van der Waals surface area contributed by atoms with Crippen molar-refractivity contribution in [3.8, 4) is 11.3 Å². The molecule has 3 aromatic carbocycles. The average Bonchev–Trinajstić information content (AvgIpc) is 3.65. The summed E-state index contributed by atoms with van der Waals surface area (Å²) in [5, 5.41) is 17.6. The number of carboxylic acid groups (broad SMARTS) is 1. The molecule has 214 valence electrons. The van der Waals surface area contributed by atoms with E-state index in [9.17, 15) is 19.5 Å². The largest absolute Gasteiger partial charge is 0.480 e. The summed E-state index contributed by atoms with van der Waals surface area (Å²) in [6.45, 7) is 3.82. The number of fused-ring (bicyclic) bond motifs is 1. The number of aliphatic carboxylic acids is 1. The Labute approximate surface area is 243 Å². The van der Waals surface area contributed by atoms with Crippen LogP contribution in [-0.4, -0.2) is 57.1 Å². The summed E-state index contributed by atoms with van der Waals surface area (Å²) >= 11 is 0. The minimum absolute atomic E-state index is 0.0823. The molecule has 0 saturated carbocycles. The highest BCUT2D eigenvalue weighted by Gasteiger charge is 2.32. The third kappa shape index (κ3) is 6.25. The van der Waals surface area contributed by atoms with Crippen LogP contribution >= 0.6 is 0 Å². The zero-order valence-corrected chi connectivity index (χ0v) is 23.6. The van der Waals surface area contributed by atoms with Gasteiger partial charge in [0.05, 0.1) is 0 Å². The van der Waals surface area contributed by atoms with Crippen LogP contribution in [-0.2, 0) is 22.4 Å². The molecule has 0 aliphatic heterocycles. The molecule has 9 nitrogen and oxygen atoms in total. The van der Waals surface area contributed by atoms with Crippen LogP contribution in [0.4, 0.5) is 0 Å². The van der Waals surface area contributed by atoms with Crippen molar-refractivity contribution >= 4 is 28.7 Å². The predicted octanol–water partition coefficient (Wildman–Crippen LogP) is 4.94. The summed E-state index contributed by atoms with van der Waals surface area (Å²) in [4.78, 5) is 44.3. The van der Waals surface area contributed by atoms with Gasteiger partial charge in [-0.25, -0.2) is 4.79 Å². The Morgan fingerprint density at radius 3 is 2.36 bits per heavy atom. The predicted molar refractivity (Wildman–Crippen MR) is 159 cm³/mol. The Kier molecular flexibility index (Phi) is 8.19. The highest BCUT2D eigenvalue weighted by atomic mass is 16.5. The van der Waals surface area contributed by atoms with E-state index in [4.69, 9.17) is 4.52 Å². The van der Waals surface area contributed by atoms with Crippen molar-refractivity contribution in [1.82, 2.24) is 20.4 Å². The van der Waals surface area contributed by atoms with Crippen molar-refractivity contribution in [3.05, 3.63) is 113 Å². The Morgan fingerprint density at radius 1 is 0.976 bits per heavy atom. The third-order valence-corrected chi connectivity index (χ3v) is 7.39. The fourth-order valence-electron chi connectivity index (χ4n) is 5.23. The lowest BCUT2D eigenvalue weighted by Crippen LogP contribution is -2.53. The summed E-state index contributed by atoms with van der Waals surface area (Å²) in [5.41, 5.74) is 6.31. The van der Waals surface area contributed by atoms with Gasteiger partial charge in [-0.15, -0.1) is 0 Å². The van der Waals surface area contributed by atoms with Gasteiger partial charge in [0.1, 0.15) is 24.0 Å². The van der Waals surface area contributed by atoms with Crippen LogP contribution in [0.3, 0.4) is 0 Å². The lowest BCUT2D eigenvalue weighted by Gasteiger charge is -2.29. The molecule has 2 amide bonds. The topological polar surface area (TPSA) is 129 Å². The second-order valence-corrected chi connectivity index (χ2v) is 10.6. The third-order valence-electron chi connectivity index (χ3n) is 7.39. The number of hydrogen-bond donors (Lipinski definition) is 3. The van der Waals surface area contributed by atoms with Gasteiger partial charge in [-0.1, -0.05) is 64.8 Å². The number of hydrogen-bond acceptors (Lipinski definition) is 5. The molecule has 9 heteroatoms. The second kappa shape index (κ2) is 12.1. The number of amides is 2. The van der Waals surface area contributed by atoms with Gasteiger partial charge < -0.3 is 24.8 Å². The van der Waals surface area contributed by atoms with Crippen LogP contribution in [0.15, 0.2) is 89.8 Å². The van der Waals surface area contributed by atoms with Crippen LogP contribution in [0.5, 0.6) is 0 Å². The fraction of sp³-hybridized carbons (Fsp3) is 0.212. The van der Waals surface area contributed by atoms with Crippen molar-refractivity contribution in [1.29, 1.82) is 0 Å². The van der Waals surface area contributed by atoms with Crippen molar-refractivity contribution in [2.75, 3.05) is 7.05 Å². The Bertz CT molecular complexity index is 1700. The summed E-state index contributed by atoms with van der Waals surface area (Å²) in [6.07, 6.45) is 3.51. The highest BCUT2D eigenvalue weighted by molar-refractivity contribution is 5.98. The molecule has 2 aromatic heterocycles. The van der Waals surface area contributed by atoms with Crippen molar-refractivity contribution in [3.63, 3.8) is 0 Å². The van der Waals surface area contributed by atoms with Gasteiger partial charge in [-0.3, -0.25) is 9.59 Å².